The van der Waals surface area contributed by atoms with Crippen molar-refractivity contribution in [3.8, 4) is 5.75 Å². The van der Waals surface area contributed by atoms with E-state index < -0.39 is 6.04 Å². The van der Waals surface area contributed by atoms with Gasteiger partial charge in [-0.1, -0.05) is 12.1 Å². The number of hydrogen-bond donors (Lipinski definition) is 3. The number of nitrogens with zero attached hydrogens (tertiary/aromatic N) is 4. The number of carbonyl (C=O) groups excluding carboxylic acids is 2. The first kappa shape index (κ1) is 29.5. The fourth-order valence-electron chi connectivity index (χ4n) is 7.31. The maximum atomic E-state index is 14.9. The van der Waals surface area contributed by atoms with Gasteiger partial charge in [-0.05, 0) is 67.9 Å². The minimum Gasteiger partial charge on any atom is -0.496 e. The Hall–Kier alpha value is -3.54. The number of piperidine rings is 1. The van der Waals surface area contributed by atoms with Crippen LogP contribution in [0.5, 0.6) is 5.75 Å². The van der Waals surface area contributed by atoms with Crippen molar-refractivity contribution < 1.29 is 18.7 Å². The van der Waals surface area contributed by atoms with E-state index in [9.17, 15) is 14.0 Å². The molecule has 3 N–H and O–H groups in total. The van der Waals surface area contributed by atoms with E-state index in [-0.39, 0.29) is 48.1 Å². The maximum Gasteiger partial charge on any atom is 0.239 e. The largest absolute Gasteiger partial charge is 0.496 e. The van der Waals surface area contributed by atoms with Gasteiger partial charge in [0.2, 0.25) is 11.8 Å². The molecule has 2 amide bonds. The van der Waals surface area contributed by atoms with Crippen LogP contribution >= 0.6 is 0 Å². The Morgan fingerprint density at radius 2 is 1.98 bits per heavy atom. The van der Waals surface area contributed by atoms with Crippen molar-refractivity contribution in [3.05, 3.63) is 59.5 Å². The van der Waals surface area contributed by atoms with Gasteiger partial charge in [-0.15, -0.1) is 0 Å². The summed E-state index contributed by atoms with van der Waals surface area (Å²) < 4.78 is 22.1. The number of carbonyl (C=O) groups is 2. The highest BCUT2D eigenvalue weighted by Gasteiger charge is 2.43. The molecule has 3 aromatic rings. The number of fused-ring (bicyclic) bond motifs is 2. The van der Waals surface area contributed by atoms with Gasteiger partial charge in [-0.3, -0.25) is 24.6 Å². The number of methoxy groups -OCH3 is 1. The second kappa shape index (κ2) is 12.2. The lowest BCUT2D eigenvalue weighted by Gasteiger charge is -2.41. The van der Waals surface area contributed by atoms with Gasteiger partial charge in [-0.2, -0.15) is 5.10 Å². The summed E-state index contributed by atoms with van der Waals surface area (Å²) >= 11 is 0. The quantitative estimate of drug-likeness (QED) is 0.388. The Balaban J connectivity index is 1.14. The SMILES string of the molecule is COc1cccc(F)c1CN1C[C@H](NC(=O)C2CCC3NNC(c4ccc5nn(C)cc5c4)C3C2)CC[C@H]1C(=O)N(C)C. The number of benzene rings is 2. The number of halogens is 1. The fourth-order valence-corrected chi connectivity index (χ4v) is 7.31. The van der Waals surface area contributed by atoms with Crippen LogP contribution in [0.15, 0.2) is 42.6 Å². The van der Waals surface area contributed by atoms with Gasteiger partial charge < -0.3 is 15.0 Å². The molecule has 1 aliphatic carbocycles. The van der Waals surface area contributed by atoms with Gasteiger partial charge in [0, 0.05) is 69.4 Å². The average Bonchev–Trinajstić information content (AvgIpc) is 3.59. The van der Waals surface area contributed by atoms with Crippen molar-refractivity contribution in [3.63, 3.8) is 0 Å². The molecule has 0 spiro atoms. The van der Waals surface area contributed by atoms with E-state index in [1.54, 1.807) is 31.1 Å². The molecule has 3 heterocycles. The molecule has 11 heteroatoms. The minimum atomic E-state index is -0.392. The standard InChI is InChI=1S/C32H42FN7O3/c1-38(2)32(42)28-13-10-22(17-40(28)18-24-25(33)6-5-7-29(24)43-4)34-31(41)20-9-12-27-23(15-20)30(36-35-27)19-8-11-26-21(14-19)16-39(3)37-26/h5-8,11,14,16,20,22-23,27-28,30,35-36H,9-10,12-13,15,17-18H2,1-4H3,(H,34,41)/t20?,22-,23?,27?,28+,30?/m1/s1. The molecule has 4 unspecified atom stereocenters. The zero-order valence-corrected chi connectivity index (χ0v) is 25.3. The van der Waals surface area contributed by atoms with Crippen LogP contribution in [0.1, 0.15) is 49.3 Å². The Bertz CT molecular complexity index is 1490. The molecule has 0 bridgehead atoms. The van der Waals surface area contributed by atoms with Gasteiger partial charge in [0.05, 0.1) is 24.7 Å². The third kappa shape index (κ3) is 5.98. The monoisotopic (exact) mass is 591 g/mol. The van der Waals surface area contributed by atoms with Crippen molar-refractivity contribution in [2.24, 2.45) is 18.9 Å². The van der Waals surface area contributed by atoms with Gasteiger partial charge in [0.1, 0.15) is 11.6 Å². The minimum absolute atomic E-state index is 0.0184. The van der Waals surface area contributed by atoms with Crippen molar-refractivity contribution in [1.82, 2.24) is 35.7 Å². The van der Waals surface area contributed by atoms with Crippen molar-refractivity contribution in [1.29, 1.82) is 0 Å². The highest BCUT2D eigenvalue weighted by Crippen LogP contribution is 2.41. The lowest BCUT2D eigenvalue weighted by Crippen LogP contribution is -2.56. The van der Waals surface area contributed by atoms with Crippen molar-refractivity contribution >= 4 is 22.7 Å². The third-order valence-electron chi connectivity index (χ3n) is 9.54. The number of nitrogens with one attached hydrogen (secondary N) is 3. The molecule has 3 aliphatic rings. The number of aryl methyl sites for hydroxylation is 1. The number of rotatable bonds is 7. The molecule has 6 atom stereocenters. The van der Waals surface area contributed by atoms with E-state index in [2.05, 4.69) is 39.5 Å². The van der Waals surface area contributed by atoms with Gasteiger partial charge >= 0.3 is 0 Å². The molecule has 43 heavy (non-hydrogen) atoms. The molecular formula is C32H42FN7O3. The molecule has 6 rings (SSSR count). The summed E-state index contributed by atoms with van der Waals surface area (Å²) in [6.45, 7) is 0.684. The van der Waals surface area contributed by atoms with Crippen molar-refractivity contribution in [2.75, 3.05) is 27.7 Å². The average molecular weight is 592 g/mol. The lowest BCUT2D eigenvalue weighted by atomic mass is 9.74. The Morgan fingerprint density at radius 3 is 2.77 bits per heavy atom. The summed E-state index contributed by atoms with van der Waals surface area (Å²) in [4.78, 5) is 30.4. The summed E-state index contributed by atoms with van der Waals surface area (Å²) in [5.74, 6) is 0.336. The molecule has 10 nitrogen and oxygen atoms in total. The summed E-state index contributed by atoms with van der Waals surface area (Å²) in [5.41, 5.74) is 9.58. The normalized spacial score (nSPS) is 27.6. The molecule has 230 valence electrons. The van der Waals surface area contributed by atoms with Crippen LogP contribution < -0.4 is 20.9 Å². The molecule has 1 saturated carbocycles. The number of hydrogen-bond acceptors (Lipinski definition) is 7. The summed E-state index contributed by atoms with van der Waals surface area (Å²) in [7, 11) is 6.93. The van der Waals surface area contributed by atoms with E-state index in [1.807, 2.05) is 22.8 Å². The molecule has 2 saturated heterocycles. The summed E-state index contributed by atoms with van der Waals surface area (Å²) in [6.07, 6.45) is 5.84. The fraction of sp³-hybridized carbons (Fsp3) is 0.531. The van der Waals surface area contributed by atoms with E-state index >= 15 is 0 Å². The van der Waals surface area contributed by atoms with Crippen LogP contribution in [0.25, 0.3) is 10.9 Å². The van der Waals surface area contributed by atoms with Crippen LogP contribution in [0.2, 0.25) is 0 Å². The number of likely N-dealkylation sites (N-methyl/N-ethyl adjacent to an activating group) is 1. The first-order valence-corrected chi connectivity index (χ1v) is 15.2. The van der Waals surface area contributed by atoms with Crippen molar-refractivity contribution in [2.45, 2.75) is 62.8 Å². The molecule has 2 aromatic carbocycles. The zero-order chi connectivity index (χ0) is 30.2. The van der Waals surface area contributed by atoms with E-state index in [1.165, 1.54) is 18.7 Å². The number of aromatic nitrogens is 2. The van der Waals surface area contributed by atoms with E-state index in [0.29, 0.717) is 36.7 Å². The van der Waals surface area contributed by atoms with Gasteiger partial charge in [0.25, 0.3) is 0 Å². The smallest absolute Gasteiger partial charge is 0.239 e. The lowest BCUT2D eigenvalue weighted by molar-refractivity contribution is -0.136. The molecule has 0 radical (unpaired) electrons. The highest BCUT2D eigenvalue weighted by molar-refractivity contribution is 5.82. The zero-order valence-electron chi connectivity index (χ0n) is 25.3. The molecular weight excluding hydrogens is 549 g/mol. The number of amides is 2. The van der Waals surface area contributed by atoms with Crippen LogP contribution in [0.4, 0.5) is 4.39 Å². The summed E-state index contributed by atoms with van der Waals surface area (Å²) in [5, 5.41) is 8.92. The number of likely N-dealkylation sites (tertiary alicyclic amines) is 1. The van der Waals surface area contributed by atoms with E-state index in [4.69, 9.17) is 4.74 Å². The Labute approximate surface area is 251 Å². The Kier molecular flexibility index (Phi) is 8.39. The number of hydrazine groups is 1. The first-order chi connectivity index (χ1) is 20.7. The first-order valence-electron chi connectivity index (χ1n) is 15.2. The van der Waals surface area contributed by atoms with Crippen LogP contribution in [0, 0.1) is 17.7 Å². The molecule has 3 fully saturated rings. The maximum absolute atomic E-state index is 14.9. The van der Waals surface area contributed by atoms with Crippen LogP contribution in [-0.2, 0) is 23.2 Å². The molecule has 1 aromatic heterocycles. The van der Waals surface area contributed by atoms with E-state index in [0.717, 1.165) is 30.2 Å². The van der Waals surface area contributed by atoms with Crippen LogP contribution in [-0.4, -0.2) is 77.3 Å². The molecule has 2 aliphatic heterocycles. The second-order valence-corrected chi connectivity index (χ2v) is 12.5. The second-order valence-electron chi connectivity index (χ2n) is 12.5. The van der Waals surface area contributed by atoms with Crippen LogP contribution in [0.3, 0.4) is 0 Å². The number of ether oxygens (including phenoxy) is 1. The summed E-state index contributed by atoms with van der Waals surface area (Å²) in [6, 6.07) is 11.1. The highest BCUT2D eigenvalue weighted by atomic mass is 19.1. The predicted octanol–water partition coefficient (Wildman–Crippen LogP) is 2.89. The topological polar surface area (TPSA) is 104 Å². The predicted molar refractivity (Wildman–Crippen MR) is 161 cm³/mol. The van der Waals surface area contributed by atoms with Gasteiger partial charge in [0.15, 0.2) is 0 Å². The van der Waals surface area contributed by atoms with Gasteiger partial charge in [-0.25, -0.2) is 9.82 Å². The Morgan fingerprint density at radius 1 is 1.14 bits per heavy atom. The third-order valence-corrected chi connectivity index (χ3v) is 9.54.